The standard InChI is InChI=1S/C13H18N2O3/c16-12(7-9-5-6-14-8-9)15-11-3-1-10(2-4-11)13(17)18/h5-6,8,10-11,14H,1-4,7H2,(H,15,16)(H,17,18). The van der Waals surface area contributed by atoms with E-state index in [4.69, 9.17) is 5.11 Å². The summed E-state index contributed by atoms with van der Waals surface area (Å²) in [6, 6.07) is 2.01. The molecule has 1 aromatic heterocycles. The summed E-state index contributed by atoms with van der Waals surface area (Å²) < 4.78 is 0. The van der Waals surface area contributed by atoms with Gasteiger partial charge in [-0.1, -0.05) is 0 Å². The highest BCUT2D eigenvalue weighted by Crippen LogP contribution is 2.24. The molecule has 1 heterocycles. The van der Waals surface area contributed by atoms with Crippen LogP contribution in [0.4, 0.5) is 0 Å². The number of aromatic amines is 1. The van der Waals surface area contributed by atoms with Gasteiger partial charge in [0.05, 0.1) is 12.3 Å². The van der Waals surface area contributed by atoms with Gasteiger partial charge in [0.25, 0.3) is 0 Å². The first-order valence-electron chi connectivity index (χ1n) is 6.29. The topological polar surface area (TPSA) is 82.2 Å². The average molecular weight is 250 g/mol. The molecule has 2 rings (SSSR count). The van der Waals surface area contributed by atoms with E-state index in [0.29, 0.717) is 19.3 Å². The first kappa shape index (κ1) is 12.7. The van der Waals surface area contributed by atoms with Gasteiger partial charge in [0.15, 0.2) is 0 Å². The zero-order chi connectivity index (χ0) is 13.0. The second-order valence-electron chi connectivity index (χ2n) is 4.85. The Hall–Kier alpha value is -1.78. The van der Waals surface area contributed by atoms with Gasteiger partial charge in [0.1, 0.15) is 0 Å². The lowest BCUT2D eigenvalue weighted by Crippen LogP contribution is -2.39. The van der Waals surface area contributed by atoms with Crippen LogP contribution in [0.3, 0.4) is 0 Å². The molecule has 1 amide bonds. The van der Waals surface area contributed by atoms with Crippen molar-refractivity contribution in [3.63, 3.8) is 0 Å². The van der Waals surface area contributed by atoms with Crippen LogP contribution in [0.5, 0.6) is 0 Å². The Morgan fingerprint density at radius 3 is 2.61 bits per heavy atom. The molecule has 0 spiro atoms. The van der Waals surface area contributed by atoms with Crippen molar-refractivity contribution in [2.45, 2.75) is 38.1 Å². The second kappa shape index (κ2) is 5.71. The maximum absolute atomic E-state index is 11.8. The molecule has 5 heteroatoms. The Kier molecular flexibility index (Phi) is 4.02. The number of aliphatic carboxylic acids is 1. The third-order valence-corrected chi connectivity index (χ3v) is 3.47. The van der Waals surface area contributed by atoms with Gasteiger partial charge in [-0.3, -0.25) is 9.59 Å². The van der Waals surface area contributed by atoms with Crippen LogP contribution >= 0.6 is 0 Å². The number of hydrogen-bond acceptors (Lipinski definition) is 2. The summed E-state index contributed by atoms with van der Waals surface area (Å²) in [7, 11) is 0. The van der Waals surface area contributed by atoms with Crippen LogP contribution in [0.15, 0.2) is 18.5 Å². The quantitative estimate of drug-likeness (QED) is 0.753. The van der Waals surface area contributed by atoms with E-state index in [1.165, 1.54) is 0 Å². The van der Waals surface area contributed by atoms with Gasteiger partial charge in [0, 0.05) is 18.4 Å². The third kappa shape index (κ3) is 3.35. The van der Waals surface area contributed by atoms with Gasteiger partial charge in [-0.25, -0.2) is 0 Å². The number of hydrogen-bond donors (Lipinski definition) is 3. The summed E-state index contributed by atoms with van der Waals surface area (Å²) in [5, 5.41) is 11.9. The van der Waals surface area contributed by atoms with E-state index in [1.807, 2.05) is 6.07 Å². The average Bonchev–Trinajstić information content (AvgIpc) is 2.82. The first-order valence-corrected chi connectivity index (χ1v) is 6.29. The number of carboxylic acid groups (broad SMARTS) is 1. The first-order chi connectivity index (χ1) is 8.65. The smallest absolute Gasteiger partial charge is 0.306 e. The molecule has 3 N–H and O–H groups in total. The lowest BCUT2D eigenvalue weighted by molar-refractivity contribution is -0.142. The van der Waals surface area contributed by atoms with Gasteiger partial charge >= 0.3 is 5.97 Å². The van der Waals surface area contributed by atoms with E-state index in [2.05, 4.69) is 10.3 Å². The second-order valence-corrected chi connectivity index (χ2v) is 4.85. The Bertz CT molecular complexity index is 406. The summed E-state index contributed by atoms with van der Waals surface area (Å²) in [5.41, 5.74) is 0.965. The summed E-state index contributed by atoms with van der Waals surface area (Å²) >= 11 is 0. The number of aromatic nitrogens is 1. The number of carbonyl (C=O) groups is 2. The molecule has 0 unspecified atom stereocenters. The normalized spacial score (nSPS) is 23.6. The Labute approximate surface area is 106 Å². The summed E-state index contributed by atoms with van der Waals surface area (Å²) in [6.45, 7) is 0. The highest BCUT2D eigenvalue weighted by atomic mass is 16.4. The van der Waals surface area contributed by atoms with E-state index in [9.17, 15) is 9.59 Å². The zero-order valence-electron chi connectivity index (χ0n) is 10.2. The summed E-state index contributed by atoms with van der Waals surface area (Å²) in [5.74, 6) is -0.941. The van der Waals surface area contributed by atoms with E-state index in [-0.39, 0.29) is 17.9 Å². The van der Waals surface area contributed by atoms with Crippen LogP contribution in [0.1, 0.15) is 31.2 Å². The molecule has 0 aliphatic heterocycles. The lowest BCUT2D eigenvalue weighted by Gasteiger charge is -2.26. The molecule has 1 fully saturated rings. The van der Waals surface area contributed by atoms with Crippen LogP contribution in [0.25, 0.3) is 0 Å². The number of carboxylic acids is 1. The van der Waals surface area contributed by atoms with Crippen molar-refractivity contribution >= 4 is 11.9 Å². The predicted octanol–water partition coefficient (Wildman–Crippen LogP) is 1.32. The molecule has 1 aliphatic rings. The van der Waals surface area contributed by atoms with E-state index >= 15 is 0 Å². The molecule has 0 radical (unpaired) electrons. The predicted molar refractivity (Wildman–Crippen MR) is 66.0 cm³/mol. The molecule has 0 atom stereocenters. The molecule has 0 saturated heterocycles. The molecule has 1 saturated carbocycles. The van der Waals surface area contributed by atoms with Crippen molar-refractivity contribution in [1.82, 2.24) is 10.3 Å². The molecule has 5 nitrogen and oxygen atoms in total. The van der Waals surface area contributed by atoms with Crippen molar-refractivity contribution in [2.75, 3.05) is 0 Å². The van der Waals surface area contributed by atoms with Crippen molar-refractivity contribution < 1.29 is 14.7 Å². The minimum atomic E-state index is -0.716. The third-order valence-electron chi connectivity index (χ3n) is 3.47. The Balaban J connectivity index is 1.74. The molecule has 1 aromatic rings. The fourth-order valence-corrected chi connectivity index (χ4v) is 2.42. The SMILES string of the molecule is O=C(Cc1cc[nH]c1)NC1CCC(C(=O)O)CC1. The monoisotopic (exact) mass is 250 g/mol. The zero-order valence-corrected chi connectivity index (χ0v) is 10.2. The minimum absolute atomic E-state index is 0.00775. The Morgan fingerprint density at radius 2 is 2.06 bits per heavy atom. The van der Waals surface area contributed by atoms with E-state index < -0.39 is 5.97 Å². The van der Waals surface area contributed by atoms with Crippen LogP contribution in [-0.4, -0.2) is 28.0 Å². The molecule has 98 valence electrons. The molecule has 0 bridgehead atoms. The van der Waals surface area contributed by atoms with E-state index in [1.54, 1.807) is 12.4 Å². The van der Waals surface area contributed by atoms with Crippen LogP contribution < -0.4 is 5.32 Å². The number of H-pyrrole nitrogens is 1. The summed E-state index contributed by atoms with van der Waals surface area (Å²) in [4.78, 5) is 25.5. The van der Waals surface area contributed by atoms with Gasteiger partial charge in [0.2, 0.25) is 5.91 Å². The van der Waals surface area contributed by atoms with Crippen molar-refractivity contribution in [3.8, 4) is 0 Å². The highest BCUT2D eigenvalue weighted by Gasteiger charge is 2.26. The largest absolute Gasteiger partial charge is 0.481 e. The number of nitrogens with one attached hydrogen (secondary N) is 2. The number of carbonyl (C=O) groups excluding carboxylic acids is 1. The lowest BCUT2D eigenvalue weighted by atomic mass is 9.86. The maximum atomic E-state index is 11.8. The van der Waals surface area contributed by atoms with Crippen molar-refractivity contribution in [3.05, 3.63) is 24.0 Å². The molecule has 0 aromatic carbocycles. The minimum Gasteiger partial charge on any atom is -0.481 e. The van der Waals surface area contributed by atoms with Gasteiger partial charge in [-0.2, -0.15) is 0 Å². The fourth-order valence-electron chi connectivity index (χ4n) is 2.42. The Morgan fingerprint density at radius 1 is 1.33 bits per heavy atom. The number of amides is 1. The highest BCUT2D eigenvalue weighted by molar-refractivity contribution is 5.78. The van der Waals surface area contributed by atoms with Crippen LogP contribution in [-0.2, 0) is 16.0 Å². The van der Waals surface area contributed by atoms with Crippen molar-refractivity contribution in [2.24, 2.45) is 5.92 Å². The van der Waals surface area contributed by atoms with Gasteiger partial charge in [-0.15, -0.1) is 0 Å². The molecular formula is C13H18N2O3. The fraction of sp³-hybridized carbons (Fsp3) is 0.538. The molecular weight excluding hydrogens is 232 g/mol. The number of rotatable bonds is 4. The molecule has 18 heavy (non-hydrogen) atoms. The van der Waals surface area contributed by atoms with E-state index in [0.717, 1.165) is 18.4 Å². The van der Waals surface area contributed by atoms with Crippen LogP contribution in [0, 0.1) is 5.92 Å². The maximum Gasteiger partial charge on any atom is 0.306 e. The molecule has 1 aliphatic carbocycles. The van der Waals surface area contributed by atoms with Gasteiger partial charge in [-0.05, 0) is 37.3 Å². The van der Waals surface area contributed by atoms with Crippen LogP contribution in [0.2, 0.25) is 0 Å². The van der Waals surface area contributed by atoms with Crippen molar-refractivity contribution in [1.29, 1.82) is 0 Å². The summed E-state index contributed by atoms with van der Waals surface area (Å²) in [6.07, 6.45) is 6.81. The van der Waals surface area contributed by atoms with Gasteiger partial charge < -0.3 is 15.4 Å².